The van der Waals surface area contributed by atoms with Gasteiger partial charge in [0.1, 0.15) is 6.04 Å². The number of halogens is 4. The number of nitrogens with zero attached hydrogens (tertiary/aromatic N) is 1. The van der Waals surface area contributed by atoms with Crippen LogP contribution in [0.15, 0.2) is 29.2 Å². The highest BCUT2D eigenvalue weighted by molar-refractivity contribution is 7.89. The molecule has 2 rings (SSSR count). The maximum Gasteiger partial charge on any atom is 0.410 e. The Kier molecular flexibility index (Phi) is 6.98. The summed E-state index contributed by atoms with van der Waals surface area (Å²) in [5.41, 5.74) is 0. The maximum absolute atomic E-state index is 13.3. The molecule has 6 nitrogen and oxygen atoms in total. The van der Waals surface area contributed by atoms with Crippen LogP contribution < -0.4 is 4.72 Å². The van der Waals surface area contributed by atoms with Gasteiger partial charge >= 0.3 is 12.3 Å². The lowest BCUT2D eigenvalue weighted by Crippen LogP contribution is -2.45. The summed E-state index contributed by atoms with van der Waals surface area (Å²) >= 11 is 5.71. The van der Waals surface area contributed by atoms with Crippen molar-refractivity contribution in [2.24, 2.45) is 0 Å². The van der Waals surface area contributed by atoms with Gasteiger partial charge < -0.3 is 4.74 Å². The average molecular weight is 429 g/mol. The number of alkyl halides is 3. The fourth-order valence-corrected chi connectivity index (χ4v) is 4.09. The quantitative estimate of drug-likeness (QED) is 0.703. The lowest BCUT2D eigenvalue weighted by atomic mass is 10.2. The summed E-state index contributed by atoms with van der Waals surface area (Å²) in [6, 6.07) is 2.02. The monoisotopic (exact) mass is 428 g/mol. The van der Waals surface area contributed by atoms with Crippen molar-refractivity contribution in [1.82, 2.24) is 9.62 Å². The molecular formula is C16H20ClF3N2O4S. The first-order valence-electron chi connectivity index (χ1n) is 8.32. The number of likely N-dealkylation sites (tertiary alicyclic amines) is 1. The molecule has 1 heterocycles. The number of amides is 1. The van der Waals surface area contributed by atoms with Crippen LogP contribution >= 0.6 is 11.6 Å². The van der Waals surface area contributed by atoms with Crippen LogP contribution in [0.25, 0.3) is 0 Å². The lowest BCUT2D eigenvalue weighted by Gasteiger charge is -2.25. The third-order valence-electron chi connectivity index (χ3n) is 4.08. The molecule has 1 fully saturated rings. The third kappa shape index (κ3) is 5.73. The molecule has 0 radical (unpaired) electrons. The van der Waals surface area contributed by atoms with Gasteiger partial charge in [0.2, 0.25) is 10.0 Å². The van der Waals surface area contributed by atoms with Gasteiger partial charge in [-0.2, -0.15) is 13.2 Å². The van der Waals surface area contributed by atoms with E-state index in [1.165, 1.54) is 24.3 Å². The summed E-state index contributed by atoms with van der Waals surface area (Å²) in [4.78, 5) is 12.4. The first kappa shape index (κ1) is 21.8. The van der Waals surface area contributed by atoms with E-state index in [1.807, 2.05) is 6.92 Å². The molecular weight excluding hydrogens is 409 g/mol. The molecule has 0 bridgehead atoms. The van der Waals surface area contributed by atoms with Gasteiger partial charge in [-0.15, -0.1) is 0 Å². The Morgan fingerprint density at radius 3 is 2.52 bits per heavy atom. The number of unbranched alkanes of at least 4 members (excludes halogenated alkanes) is 1. The normalized spacial score (nSPS) is 20.7. The number of rotatable bonds is 6. The number of hydrogen-bond acceptors (Lipinski definition) is 4. The smallest absolute Gasteiger partial charge is 0.410 e. The second-order valence-electron chi connectivity index (χ2n) is 6.19. The molecule has 1 aromatic carbocycles. The number of nitrogens with one attached hydrogen (secondary N) is 1. The van der Waals surface area contributed by atoms with Crippen LogP contribution in [0.3, 0.4) is 0 Å². The highest BCUT2D eigenvalue weighted by Gasteiger charge is 2.52. The van der Waals surface area contributed by atoms with Crippen molar-refractivity contribution in [3.8, 4) is 0 Å². The first-order chi connectivity index (χ1) is 12.5. The lowest BCUT2D eigenvalue weighted by molar-refractivity contribution is -0.171. The van der Waals surface area contributed by atoms with Gasteiger partial charge in [0, 0.05) is 17.6 Å². The van der Waals surface area contributed by atoms with Crippen molar-refractivity contribution in [2.45, 2.75) is 49.3 Å². The summed E-state index contributed by atoms with van der Waals surface area (Å²) in [6.07, 6.45) is -5.12. The summed E-state index contributed by atoms with van der Waals surface area (Å²) in [6.45, 7) is 1.43. The Hall–Kier alpha value is -1.52. The van der Waals surface area contributed by atoms with Crippen molar-refractivity contribution in [1.29, 1.82) is 0 Å². The molecule has 0 saturated carbocycles. The van der Waals surface area contributed by atoms with Gasteiger partial charge in [-0.1, -0.05) is 24.9 Å². The van der Waals surface area contributed by atoms with E-state index in [0.717, 1.165) is 6.42 Å². The van der Waals surface area contributed by atoms with Crippen LogP contribution in [0.5, 0.6) is 0 Å². The van der Waals surface area contributed by atoms with Gasteiger partial charge in [0.25, 0.3) is 0 Å². The number of ether oxygens (including phenoxy) is 1. The van der Waals surface area contributed by atoms with Crippen LogP contribution in [-0.2, 0) is 14.8 Å². The van der Waals surface area contributed by atoms with E-state index < -0.39 is 47.3 Å². The molecule has 1 aliphatic rings. The largest absolute Gasteiger partial charge is 0.449 e. The summed E-state index contributed by atoms with van der Waals surface area (Å²) in [7, 11) is -4.05. The van der Waals surface area contributed by atoms with Crippen molar-refractivity contribution in [3.05, 3.63) is 29.3 Å². The molecule has 11 heteroatoms. The molecule has 1 amide bonds. The van der Waals surface area contributed by atoms with Gasteiger partial charge in [-0.05, 0) is 37.1 Å². The summed E-state index contributed by atoms with van der Waals surface area (Å²) < 4.78 is 71.7. The summed E-state index contributed by atoms with van der Waals surface area (Å²) in [5, 5.41) is 0.327. The Labute approximate surface area is 160 Å². The van der Waals surface area contributed by atoms with E-state index in [9.17, 15) is 26.4 Å². The number of benzene rings is 1. The zero-order valence-corrected chi connectivity index (χ0v) is 16.1. The van der Waals surface area contributed by atoms with E-state index in [0.29, 0.717) is 16.3 Å². The second-order valence-corrected chi connectivity index (χ2v) is 8.34. The van der Waals surface area contributed by atoms with Gasteiger partial charge in [-0.3, -0.25) is 4.90 Å². The van der Waals surface area contributed by atoms with E-state index in [4.69, 9.17) is 16.3 Å². The van der Waals surface area contributed by atoms with E-state index in [-0.39, 0.29) is 11.5 Å². The van der Waals surface area contributed by atoms with Crippen LogP contribution in [0.4, 0.5) is 18.0 Å². The fourth-order valence-electron chi connectivity index (χ4n) is 2.72. The predicted molar refractivity (Wildman–Crippen MR) is 93.0 cm³/mol. The van der Waals surface area contributed by atoms with Crippen molar-refractivity contribution < 1.29 is 31.1 Å². The second kappa shape index (κ2) is 8.66. The Morgan fingerprint density at radius 2 is 1.96 bits per heavy atom. The molecule has 2 atom stereocenters. The van der Waals surface area contributed by atoms with E-state index in [1.54, 1.807) is 0 Å². The van der Waals surface area contributed by atoms with Gasteiger partial charge in [0.05, 0.1) is 11.5 Å². The number of sulfonamides is 1. The Balaban J connectivity index is 2.12. The minimum absolute atomic E-state index is 0.0115. The zero-order valence-electron chi connectivity index (χ0n) is 14.5. The number of carbonyl (C=O) groups is 1. The Morgan fingerprint density at radius 1 is 1.33 bits per heavy atom. The van der Waals surface area contributed by atoms with Crippen LogP contribution in [-0.4, -0.2) is 50.8 Å². The van der Waals surface area contributed by atoms with Crippen LogP contribution in [0.1, 0.15) is 26.2 Å². The maximum atomic E-state index is 13.3. The molecule has 1 saturated heterocycles. The summed E-state index contributed by atoms with van der Waals surface area (Å²) in [5.74, 6) is 0. The third-order valence-corrected chi connectivity index (χ3v) is 5.87. The highest BCUT2D eigenvalue weighted by Crippen LogP contribution is 2.33. The van der Waals surface area contributed by atoms with Crippen molar-refractivity contribution in [2.75, 3.05) is 13.2 Å². The van der Waals surface area contributed by atoms with E-state index in [2.05, 4.69) is 4.72 Å². The molecule has 1 aliphatic heterocycles. The predicted octanol–water partition coefficient (Wildman–Crippen LogP) is 3.56. The highest BCUT2D eigenvalue weighted by atomic mass is 35.5. The Bertz CT molecular complexity index is 756. The van der Waals surface area contributed by atoms with Crippen LogP contribution in [0.2, 0.25) is 5.02 Å². The van der Waals surface area contributed by atoms with E-state index >= 15 is 0 Å². The molecule has 0 unspecified atom stereocenters. The van der Waals surface area contributed by atoms with Gasteiger partial charge in [0.15, 0.2) is 0 Å². The molecule has 152 valence electrons. The zero-order chi connectivity index (χ0) is 20.2. The van der Waals surface area contributed by atoms with Crippen molar-refractivity contribution >= 4 is 27.7 Å². The SMILES string of the molecule is CCCCOC(=O)N1C[C@H](NS(=O)(=O)c2ccc(Cl)cc2)C[C@H]1C(F)(F)F. The van der Waals surface area contributed by atoms with Gasteiger partial charge in [-0.25, -0.2) is 17.9 Å². The van der Waals surface area contributed by atoms with Crippen molar-refractivity contribution in [3.63, 3.8) is 0 Å². The molecule has 0 aliphatic carbocycles. The average Bonchev–Trinajstić information content (AvgIpc) is 2.99. The number of carbonyl (C=O) groups excluding carboxylic acids is 1. The first-order valence-corrected chi connectivity index (χ1v) is 10.2. The number of hydrogen-bond donors (Lipinski definition) is 1. The minimum atomic E-state index is -4.69. The van der Waals surface area contributed by atoms with Crippen LogP contribution in [0, 0.1) is 0 Å². The molecule has 0 aromatic heterocycles. The fraction of sp³-hybridized carbons (Fsp3) is 0.562. The standard InChI is InChI=1S/C16H20ClF3N2O4S/c1-2-3-8-26-15(23)22-10-12(9-14(22)16(18,19)20)21-27(24,25)13-6-4-11(17)5-7-13/h4-7,12,14,21H,2-3,8-10H2,1H3/t12-,14+/m1/s1. The molecule has 1 N–H and O–H groups in total. The minimum Gasteiger partial charge on any atom is -0.449 e. The molecule has 27 heavy (non-hydrogen) atoms. The molecule has 0 spiro atoms. The molecule has 1 aromatic rings. The topological polar surface area (TPSA) is 75.7 Å².